The number of hydrogen-bond acceptors (Lipinski definition) is 6. The summed E-state index contributed by atoms with van der Waals surface area (Å²) in [4.78, 5) is 13.8. The molecule has 0 aromatic heterocycles. The van der Waals surface area contributed by atoms with Crippen LogP contribution in [0.3, 0.4) is 0 Å². The summed E-state index contributed by atoms with van der Waals surface area (Å²) in [6.45, 7) is 1.83. The number of carbonyl (C=O) groups excluding carboxylic acids is 1. The van der Waals surface area contributed by atoms with Crippen molar-refractivity contribution in [2.24, 2.45) is 0 Å². The van der Waals surface area contributed by atoms with E-state index in [1.165, 1.54) is 23.9 Å². The third-order valence-corrected chi connectivity index (χ3v) is 9.22. The standard InChI is InChI=1S/C20H23NO5S3/c1-14(15-7-9-17(10-8-15)28(2,23)24)21-20(22)18-5-3-4-6-19(18)27-16-11-12-29(25,26)13-16/h3-10,14,16H,11-13H2,1-2H3,(H,21,22)/t14-,16+/m1/s1. The van der Waals surface area contributed by atoms with E-state index in [0.29, 0.717) is 12.0 Å². The second-order valence-corrected chi connectivity index (χ2v) is 12.8. The maximum absolute atomic E-state index is 12.8. The van der Waals surface area contributed by atoms with Crippen molar-refractivity contribution < 1.29 is 21.6 Å². The van der Waals surface area contributed by atoms with Crippen LogP contribution in [0, 0.1) is 0 Å². The fourth-order valence-electron chi connectivity index (χ4n) is 3.15. The maximum atomic E-state index is 12.8. The zero-order chi connectivity index (χ0) is 21.2. The molecule has 1 N–H and O–H groups in total. The van der Waals surface area contributed by atoms with E-state index in [2.05, 4.69) is 5.32 Å². The van der Waals surface area contributed by atoms with Gasteiger partial charge in [0.05, 0.1) is 28.0 Å². The first kappa shape index (κ1) is 21.9. The molecule has 1 aliphatic rings. The Labute approximate surface area is 175 Å². The van der Waals surface area contributed by atoms with Gasteiger partial charge < -0.3 is 5.32 Å². The average Bonchev–Trinajstić information content (AvgIpc) is 3.00. The van der Waals surface area contributed by atoms with Gasteiger partial charge in [-0.15, -0.1) is 11.8 Å². The van der Waals surface area contributed by atoms with E-state index < -0.39 is 19.7 Å². The van der Waals surface area contributed by atoms with Crippen LogP contribution in [0.1, 0.15) is 35.3 Å². The van der Waals surface area contributed by atoms with Crippen LogP contribution in [-0.2, 0) is 19.7 Å². The highest BCUT2D eigenvalue weighted by Crippen LogP contribution is 2.33. The van der Waals surface area contributed by atoms with Crippen LogP contribution in [0.5, 0.6) is 0 Å². The largest absolute Gasteiger partial charge is 0.345 e. The smallest absolute Gasteiger partial charge is 0.252 e. The van der Waals surface area contributed by atoms with Crippen molar-refractivity contribution in [3.63, 3.8) is 0 Å². The Morgan fingerprint density at radius 1 is 1.14 bits per heavy atom. The molecule has 6 nitrogen and oxygen atoms in total. The van der Waals surface area contributed by atoms with Crippen LogP contribution >= 0.6 is 11.8 Å². The fraction of sp³-hybridized carbons (Fsp3) is 0.350. The highest BCUT2D eigenvalue weighted by molar-refractivity contribution is 8.02. The molecule has 1 heterocycles. The molecule has 2 aromatic rings. The summed E-state index contributed by atoms with van der Waals surface area (Å²) >= 11 is 1.43. The molecule has 9 heteroatoms. The summed E-state index contributed by atoms with van der Waals surface area (Å²) in [5.41, 5.74) is 1.29. The van der Waals surface area contributed by atoms with Gasteiger partial charge in [-0.05, 0) is 43.2 Å². The highest BCUT2D eigenvalue weighted by atomic mass is 32.2. The molecular weight excluding hydrogens is 430 g/mol. The molecule has 0 saturated carbocycles. The van der Waals surface area contributed by atoms with E-state index in [-0.39, 0.29) is 33.6 Å². The summed E-state index contributed by atoms with van der Waals surface area (Å²) in [7, 11) is -6.25. The number of rotatable bonds is 6. The summed E-state index contributed by atoms with van der Waals surface area (Å²) < 4.78 is 46.6. The Hall–Kier alpha value is -1.84. The molecule has 156 valence electrons. The van der Waals surface area contributed by atoms with Gasteiger partial charge in [-0.25, -0.2) is 16.8 Å². The van der Waals surface area contributed by atoms with Gasteiger partial charge in [-0.1, -0.05) is 24.3 Å². The molecule has 1 amide bonds. The van der Waals surface area contributed by atoms with E-state index >= 15 is 0 Å². The van der Waals surface area contributed by atoms with Crippen molar-refractivity contribution in [1.29, 1.82) is 0 Å². The first-order valence-electron chi connectivity index (χ1n) is 9.12. The van der Waals surface area contributed by atoms with Gasteiger partial charge in [0.25, 0.3) is 5.91 Å². The van der Waals surface area contributed by atoms with Crippen LogP contribution in [0.2, 0.25) is 0 Å². The van der Waals surface area contributed by atoms with Gasteiger partial charge >= 0.3 is 0 Å². The first-order valence-corrected chi connectivity index (χ1v) is 13.7. The quantitative estimate of drug-likeness (QED) is 0.722. The minimum atomic E-state index is -3.27. The molecule has 29 heavy (non-hydrogen) atoms. The van der Waals surface area contributed by atoms with Crippen LogP contribution in [0.15, 0.2) is 58.3 Å². The monoisotopic (exact) mass is 453 g/mol. The fourth-order valence-corrected chi connectivity index (χ4v) is 7.41. The first-order chi connectivity index (χ1) is 13.5. The summed E-state index contributed by atoms with van der Waals surface area (Å²) in [5, 5.41) is 2.89. The number of sulfone groups is 2. The van der Waals surface area contributed by atoms with Crippen LogP contribution in [0.25, 0.3) is 0 Å². The zero-order valence-corrected chi connectivity index (χ0v) is 18.6. The maximum Gasteiger partial charge on any atom is 0.252 e. The van der Waals surface area contributed by atoms with Crippen molar-refractivity contribution in [2.75, 3.05) is 17.8 Å². The molecule has 0 aliphatic carbocycles. The number of nitrogens with one attached hydrogen (secondary N) is 1. The van der Waals surface area contributed by atoms with Crippen molar-refractivity contribution in [3.05, 3.63) is 59.7 Å². The second-order valence-electron chi connectivity index (χ2n) is 7.18. The Balaban J connectivity index is 1.72. The topological polar surface area (TPSA) is 97.4 Å². The number of hydrogen-bond donors (Lipinski definition) is 1. The van der Waals surface area contributed by atoms with E-state index in [4.69, 9.17) is 0 Å². The van der Waals surface area contributed by atoms with Crippen molar-refractivity contribution in [1.82, 2.24) is 5.32 Å². The number of thioether (sulfide) groups is 1. The molecule has 1 aliphatic heterocycles. The van der Waals surface area contributed by atoms with Crippen molar-refractivity contribution in [3.8, 4) is 0 Å². The van der Waals surface area contributed by atoms with Gasteiger partial charge in [-0.2, -0.15) is 0 Å². The second kappa shape index (κ2) is 8.49. The molecule has 2 aromatic carbocycles. The lowest BCUT2D eigenvalue weighted by molar-refractivity contribution is 0.0937. The lowest BCUT2D eigenvalue weighted by Crippen LogP contribution is -2.27. The number of carbonyl (C=O) groups is 1. The molecule has 0 spiro atoms. The predicted octanol–water partition coefficient (Wildman–Crippen LogP) is 2.86. The van der Waals surface area contributed by atoms with Gasteiger partial charge in [0.15, 0.2) is 19.7 Å². The molecule has 1 fully saturated rings. The molecule has 2 atom stereocenters. The molecule has 3 rings (SSSR count). The molecule has 0 bridgehead atoms. The lowest BCUT2D eigenvalue weighted by Gasteiger charge is -2.17. The van der Waals surface area contributed by atoms with Gasteiger partial charge in [-0.3, -0.25) is 4.79 Å². The Morgan fingerprint density at radius 3 is 2.38 bits per heavy atom. The SMILES string of the molecule is C[C@@H](NC(=O)c1ccccc1S[C@H]1CCS(=O)(=O)C1)c1ccc(S(C)(=O)=O)cc1. The van der Waals surface area contributed by atoms with Crippen molar-refractivity contribution in [2.45, 2.75) is 34.4 Å². The lowest BCUT2D eigenvalue weighted by atomic mass is 10.1. The van der Waals surface area contributed by atoms with Gasteiger partial charge in [0.2, 0.25) is 0 Å². The molecule has 0 unspecified atom stereocenters. The van der Waals surface area contributed by atoms with Gasteiger partial charge in [0, 0.05) is 16.4 Å². The summed E-state index contributed by atoms with van der Waals surface area (Å²) in [5.74, 6) is 0.0737. The summed E-state index contributed by atoms with van der Waals surface area (Å²) in [6, 6.07) is 13.3. The van der Waals surface area contributed by atoms with E-state index in [1.54, 1.807) is 24.3 Å². The highest BCUT2D eigenvalue weighted by Gasteiger charge is 2.29. The third-order valence-electron chi connectivity index (χ3n) is 4.77. The minimum Gasteiger partial charge on any atom is -0.345 e. The Bertz CT molecular complexity index is 1110. The summed E-state index contributed by atoms with van der Waals surface area (Å²) in [6.07, 6.45) is 1.74. The average molecular weight is 454 g/mol. The van der Waals surface area contributed by atoms with Crippen molar-refractivity contribution >= 4 is 37.3 Å². The van der Waals surface area contributed by atoms with E-state index in [0.717, 1.165) is 16.7 Å². The third kappa shape index (κ3) is 5.61. The van der Waals surface area contributed by atoms with Gasteiger partial charge in [0.1, 0.15) is 0 Å². The molecule has 1 saturated heterocycles. The minimum absolute atomic E-state index is 0.0464. The van der Waals surface area contributed by atoms with E-state index in [1.807, 2.05) is 19.1 Å². The van der Waals surface area contributed by atoms with Crippen LogP contribution in [0.4, 0.5) is 0 Å². The predicted molar refractivity (Wildman–Crippen MR) is 115 cm³/mol. The number of amides is 1. The number of benzene rings is 2. The normalized spacial score (nSPS) is 19.6. The van der Waals surface area contributed by atoms with Crippen LogP contribution < -0.4 is 5.32 Å². The van der Waals surface area contributed by atoms with Crippen LogP contribution in [-0.4, -0.2) is 45.8 Å². The Morgan fingerprint density at radius 2 is 1.79 bits per heavy atom. The Kier molecular flexibility index (Phi) is 6.40. The molecular formula is C20H23NO5S3. The zero-order valence-electron chi connectivity index (χ0n) is 16.2. The molecule has 0 radical (unpaired) electrons. The van der Waals surface area contributed by atoms with E-state index in [9.17, 15) is 21.6 Å².